The maximum atomic E-state index is 10.5. The summed E-state index contributed by atoms with van der Waals surface area (Å²) in [4.78, 5) is 10.0. The first-order valence-corrected chi connectivity index (χ1v) is 6.21. The van der Waals surface area contributed by atoms with Crippen LogP contribution in [0.1, 0.15) is 19.8 Å². The smallest absolute Gasteiger partial charge is 0.269 e. The fourth-order valence-electron chi connectivity index (χ4n) is 1.60. The van der Waals surface area contributed by atoms with E-state index in [1.165, 1.54) is 12.1 Å². The van der Waals surface area contributed by atoms with Crippen LogP contribution >= 0.6 is 0 Å². The molecule has 102 valence electrons. The van der Waals surface area contributed by atoms with E-state index in [1.807, 2.05) is 0 Å². The topological polar surface area (TPSA) is 64.4 Å². The molecule has 1 unspecified atom stereocenters. The van der Waals surface area contributed by atoms with Gasteiger partial charge < -0.3 is 10.1 Å². The molecule has 0 saturated heterocycles. The number of hydrogen-bond donors (Lipinski definition) is 1. The van der Waals surface area contributed by atoms with Crippen LogP contribution < -0.4 is 10.1 Å². The number of nitrogens with one attached hydrogen (secondary N) is 1. The van der Waals surface area contributed by atoms with Crippen LogP contribution in [0.15, 0.2) is 24.3 Å². The van der Waals surface area contributed by atoms with Gasteiger partial charge in [0.15, 0.2) is 0 Å². The Morgan fingerprint density at radius 1 is 1.47 bits per heavy atom. The van der Waals surface area contributed by atoms with Crippen molar-refractivity contribution in [3.8, 4) is 18.1 Å². The third kappa shape index (κ3) is 5.40. The number of benzene rings is 1. The van der Waals surface area contributed by atoms with E-state index in [1.54, 1.807) is 12.1 Å². The molecule has 1 aromatic rings. The molecule has 0 saturated carbocycles. The molecule has 0 aromatic heterocycles. The van der Waals surface area contributed by atoms with E-state index >= 15 is 0 Å². The third-order valence-electron chi connectivity index (χ3n) is 2.71. The van der Waals surface area contributed by atoms with E-state index < -0.39 is 4.92 Å². The molecule has 0 heterocycles. The van der Waals surface area contributed by atoms with E-state index in [4.69, 9.17) is 11.2 Å². The van der Waals surface area contributed by atoms with Crippen LogP contribution in [0.25, 0.3) is 0 Å². The van der Waals surface area contributed by atoms with Crippen LogP contribution in [-0.2, 0) is 0 Å². The minimum atomic E-state index is -0.434. The molecular weight excluding hydrogens is 244 g/mol. The summed E-state index contributed by atoms with van der Waals surface area (Å²) in [5.41, 5.74) is 0.0607. The summed E-state index contributed by atoms with van der Waals surface area (Å²) >= 11 is 0. The maximum Gasteiger partial charge on any atom is 0.269 e. The zero-order valence-corrected chi connectivity index (χ0v) is 11.0. The second kappa shape index (κ2) is 8.11. The molecule has 19 heavy (non-hydrogen) atoms. The largest absolute Gasteiger partial charge is 0.492 e. The Morgan fingerprint density at radius 2 is 2.16 bits per heavy atom. The Bertz CT molecular complexity index is 437. The number of nitro benzene ring substituents is 1. The molecule has 0 aliphatic heterocycles. The zero-order chi connectivity index (χ0) is 14.1. The highest BCUT2D eigenvalue weighted by molar-refractivity contribution is 5.35. The summed E-state index contributed by atoms with van der Waals surface area (Å²) in [7, 11) is 0. The molecule has 5 nitrogen and oxygen atoms in total. The number of terminal acetylenes is 1. The Kier molecular flexibility index (Phi) is 6.41. The fraction of sp³-hybridized carbons (Fsp3) is 0.429. The summed E-state index contributed by atoms with van der Waals surface area (Å²) in [6.45, 7) is 3.27. The molecule has 1 rings (SSSR count). The quantitative estimate of drug-likeness (QED) is 0.338. The average Bonchev–Trinajstić information content (AvgIpc) is 2.42. The van der Waals surface area contributed by atoms with Crippen molar-refractivity contribution in [3.63, 3.8) is 0 Å². The minimum absolute atomic E-state index is 0.0607. The number of hydrogen-bond acceptors (Lipinski definition) is 4. The Balaban J connectivity index is 2.29. The van der Waals surface area contributed by atoms with Crippen molar-refractivity contribution in [1.29, 1.82) is 0 Å². The molecule has 0 fully saturated rings. The van der Waals surface area contributed by atoms with Crippen molar-refractivity contribution < 1.29 is 9.66 Å². The summed E-state index contributed by atoms with van der Waals surface area (Å²) in [5, 5.41) is 13.8. The van der Waals surface area contributed by atoms with Crippen LogP contribution in [0, 0.1) is 22.5 Å². The normalized spacial score (nSPS) is 11.6. The summed E-state index contributed by atoms with van der Waals surface area (Å²) in [6, 6.07) is 6.35. The molecule has 0 radical (unpaired) electrons. The zero-order valence-electron chi connectivity index (χ0n) is 11.0. The summed E-state index contributed by atoms with van der Waals surface area (Å²) in [6.07, 6.45) is 6.94. The van der Waals surface area contributed by atoms with Crippen molar-refractivity contribution in [3.05, 3.63) is 34.4 Å². The van der Waals surface area contributed by atoms with Gasteiger partial charge in [0.1, 0.15) is 12.4 Å². The lowest BCUT2D eigenvalue weighted by atomic mass is 10.1. The second-order valence-corrected chi connectivity index (χ2v) is 4.07. The van der Waals surface area contributed by atoms with Gasteiger partial charge in [-0.2, -0.15) is 0 Å². The van der Waals surface area contributed by atoms with Crippen LogP contribution in [0.3, 0.4) is 0 Å². The predicted octanol–water partition coefficient (Wildman–Crippen LogP) is 2.37. The van der Waals surface area contributed by atoms with Gasteiger partial charge in [0.25, 0.3) is 5.69 Å². The van der Waals surface area contributed by atoms with Gasteiger partial charge in [-0.1, -0.05) is 6.92 Å². The molecule has 0 aliphatic carbocycles. The number of ether oxygens (including phenoxy) is 1. The number of rotatable bonds is 8. The van der Waals surface area contributed by atoms with Crippen molar-refractivity contribution in [1.82, 2.24) is 5.32 Å². The lowest BCUT2D eigenvalue weighted by Crippen LogP contribution is -2.31. The number of non-ortho nitro benzene ring substituents is 1. The standard InChI is InChI=1S/C14H18N2O3/c1-3-5-12(4-2)15-10-11-19-14-8-6-13(7-9-14)16(17)18/h1,6-9,12,15H,4-5,10-11H2,2H3. The van der Waals surface area contributed by atoms with Crippen molar-refractivity contribution in [2.45, 2.75) is 25.8 Å². The van der Waals surface area contributed by atoms with E-state index in [-0.39, 0.29) is 5.69 Å². The van der Waals surface area contributed by atoms with Crippen molar-refractivity contribution in [2.24, 2.45) is 0 Å². The molecule has 1 N–H and O–H groups in total. The minimum Gasteiger partial charge on any atom is -0.492 e. The van der Waals surface area contributed by atoms with Gasteiger partial charge in [0.2, 0.25) is 0 Å². The Labute approximate surface area is 113 Å². The molecular formula is C14H18N2O3. The van der Waals surface area contributed by atoms with Gasteiger partial charge in [0, 0.05) is 31.1 Å². The van der Waals surface area contributed by atoms with E-state index in [0.717, 1.165) is 6.42 Å². The molecule has 0 aliphatic rings. The highest BCUT2D eigenvalue weighted by Crippen LogP contribution is 2.16. The van der Waals surface area contributed by atoms with Crippen LogP contribution in [0.5, 0.6) is 5.75 Å². The van der Waals surface area contributed by atoms with Gasteiger partial charge in [-0.05, 0) is 18.6 Å². The van der Waals surface area contributed by atoms with Crippen LogP contribution in [-0.4, -0.2) is 24.1 Å². The lowest BCUT2D eigenvalue weighted by Gasteiger charge is -2.14. The first kappa shape index (κ1) is 15.0. The van der Waals surface area contributed by atoms with E-state index in [0.29, 0.717) is 31.4 Å². The number of nitrogens with zero attached hydrogens (tertiary/aromatic N) is 1. The van der Waals surface area contributed by atoms with Crippen molar-refractivity contribution in [2.75, 3.05) is 13.2 Å². The summed E-state index contributed by atoms with van der Waals surface area (Å²) in [5.74, 6) is 3.25. The highest BCUT2D eigenvalue weighted by Gasteiger charge is 2.05. The predicted molar refractivity (Wildman–Crippen MR) is 74.1 cm³/mol. The average molecular weight is 262 g/mol. The molecule has 5 heteroatoms. The van der Waals surface area contributed by atoms with Crippen LogP contribution in [0.4, 0.5) is 5.69 Å². The van der Waals surface area contributed by atoms with Gasteiger partial charge in [-0.3, -0.25) is 10.1 Å². The van der Waals surface area contributed by atoms with Crippen LogP contribution in [0.2, 0.25) is 0 Å². The van der Waals surface area contributed by atoms with Gasteiger partial charge in [-0.15, -0.1) is 12.3 Å². The van der Waals surface area contributed by atoms with E-state index in [9.17, 15) is 10.1 Å². The van der Waals surface area contributed by atoms with Gasteiger partial charge in [0.05, 0.1) is 4.92 Å². The molecule has 1 aromatic carbocycles. The third-order valence-corrected chi connectivity index (χ3v) is 2.71. The Hall–Kier alpha value is -2.06. The first-order valence-electron chi connectivity index (χ1n) is 6.21. The summed E-state index contributed by atoms with van der Waals surface area (Å²) < 4.78 is 5.48. The fourth-order valence-corrected chi connectivity index (χ4v) is 1.60. The second-order valence-electron chi connectivity index (χ2n) is 4.07. The SMILES string of the molecule is C#CCC(CC)NCCOc1ccc([N+](=O)[O-])cc1. The van der Waals surface area contributed by atoms with Gasteiger partial charge >= 0.3 is 0 Å². The monoisotopic (exact) mass is 262 g/mol. The van der Waals surface area contributed by atoms with E-state index in [2.05, 4.69) is 18.2 Å². The maximum absolute atomic E-state index is 10.5. The first-order chi connectivity index (χ1) is 9.17. The molecule has 0 spiro atoms. The van der Waals surface area contributed by atoms with Crippen molar-refractivity contribution >= 4 is 5.69 Å². The highest BCUT2D eigenvalue weighted by atomic mass is 16.6. The number of nitro groups is 1. The Morgan fingerprint density at radius 3 is 2.68 bits per heavy atom. The van der Waals surface area contributed by atoms with Gasteiger partial charge in [-0.25, -0.2) is 0 Å². The molecule has 1 atom stereocenters. The lowest BCUT2D eigenvalue weighted by molar-refractivity contribution is -0.384. The molecule has 0 bridgehead atoms. The molecule has 0 amide bonds.